The number of carbonyl (C=O) groups is 1. The van der Waals surface area contributed by atoms with Crippen LogP contribution in [-0.4, -0.2) is 62.1 Å². The molecular weight excluding hydrogens is 475 g/mol. The Hall–Kier alpha value is -2.44. The van der Waals surface area contributed by atoms with Crippen LogP contribution < -0.4 is 0 Å². The third-order valence-corrected chi connectivity index (χ3v) is 8.19. The molecule has 1 saturated heterocycles. The Morgan fingerprint density at radius 1 is 1.00 bits per heavy atom. The van der Waals surface area contributed by atoms with E-state index in [-0.39, 0.29) is 23.6 Å². The predicted octanol–water partition coefficient (Wildman–Crippen LogP) is 4.58. The fourth-order valence-corrected chi connectivity index (χ4v) is 5.84. The van der Waals surface area contributed by atoms with E-state index in [9.17, 15) is 24.3 Å². The van der Waals surface area contributed by atoms with Crippen molar-refractivity contribution >= 4 is 13.6 Å². The highest BCUT2D eigenvalue weighted by Gasteiger charge is 2.43. The van der Waals surface area contributed by atoms with Gasteiger partial charge in [0, 0.05) is 26.1 Å². The molecule has 0 aromatic heterocycles. The lowest BCUT2D eigenvalue weighted by atomic mass is 9.97. The van der Waals surface area contributed by atoms with E-state index < -0.39 is 13.7 Å². The maximum Gasteiger partial charge on any atom is 0.325 e. The zero-order valence-electron chi connectivity index (χ0n) is 20.7. The molecular formula is C28H37N2O5P. The summed E-state index contributed by atoms with van der Waals surface area (Å²) in [5.74, 6) is 0. The van der Waals surface area contributed by atoms with Gasteiger partial charge in [0.15, 0.2) is 0 Å². The highest BCUT2D eigenvalue weighted by Crippen LogP contribution is 2.55. The van der Waals surface area contributed by atoms with Gasteiger partial charge in [0.2, 0.25) is 0 Å². The summed E-state index contributed by atoms with van der Waals surface area (Å²) in [5.41, 5.74) is 2.16. The van der Waals surface area contributed by atoms with E-state index in [0.717, 1.165) is 36.8 Å². The maximum absolute atomic E-state index is 13.3. The first-order valence-corrected chi connectivity index (χ1v) is 14.6. The van der Waals surface area contributed by atoms with Gasteiger partial charge in [-0.15, -0.1) is 0 Å². The lowest BCUT2D eigenvalue weighted by Gasteiger charge is -2.23. The van der Waals surface area contributed by atoms with E-state index in [4.69, 9.17) is 0 Å². The molecule has 7 nitrogen and oxygen atoms in total. The quantitative estimate of drug-likeness (QED) is 0.269. The third kappa shape index (κ3) is 7.78. The minimum atomic E-state index is -3.98. The Kier molecular flexibility index (Phi) is 8.68. The molecule has 4 rings (SSSR count). The molecule has 1 aliphatic carbocycles. The van der Waals surface area contributed by atoms with Crippen LogP contribution >= 0.6 is 7.60 Å². The second kappa shape index (κ2) is 11.7. The number of aliphatic hydroxyl groups excluding tert-OH is 1. The van der Waals surface area contributed by atoms with Crippen LogP contribution in [0, 0.1) is 5.41 Å². The Labute approximate surface area is 213 Å². The van der Waals surface area contributed by atoms with Crippen LogP contribution in [0.5, 0.6) is 0 Å². The van der Waals surface area contributed by atoms with Crippen LogP contribution in [0.15, 0.2) is 72.8 Å². The van der Waals surface area contributed by atoms with E-state index in [2.05, 4.69) is 0 Å². The van der Waals surface area contributed by atoms with E-state index in [0.29, 0.717) is 32.5 Å². The molecule has 8 heteroatoms. The van der Waals surface area contributed by atoms with Crippen molar-refractivity contribution in [2.24, 2.45) is 5.41 Å². The number of hydrogen-bond donors (Lipinski definition) is 3. The van der Waals surface area contributed by atoms with Crippen molar-refractivity contribution in [3.63, 3.8) is 0 Å². The highest BCUT2D eigenvalue weighted by atomic mass is 31.2. The third-order valence-electron chi connectivity index (χ3n) is 7.38. The fourth-order valence-electron chi connectivity index (χ4n) is 5.08. The van der Waals surface area contributed by atoms with Crippen molar-refractivity contribution in [1.29, 1.82) is 0 Å². The summed E-state index contributed by atoms with van der Waals surface area (Å²) in [6, 6.07) is 19.6. The van der Waals surface area contributed by atoms with Crippen LogP contribution in [0.1, 0.15) is 43.2 Å². The summed E-state index contributed by atoms with van der Waals surface area (Å²) in [7, 11) is -3.98. The van der Waals surface area contributed by atoms with Gasteiger partial charge in [-0.2, -0.15) is 0 Å². The zero-order valence-corrected chi connectivity index (χ0v) is 21.5. The standard InChI is InChI=1S/C28H37N2O5P/c31-26(20-23-8-3-1-4-9-23)13-12-25-22-29(21-24-10-5-2-6-11-24)27(32)30(25)18-7-14-28(15-16-28)17-19-36(33,34)35/h1-6,8-13,25-26,31H,7,14-22H2,(H2,33,34,35). The number of hydrogen-bond acceptors (Lipinski definition) is 3. The SMILES string of the molecule is O=C1N(Cc2ccccc2)CC(C=CC(O)Cc2ccccc2)N1CCCC1(CCP(=O)(O)O)CC1. The molecule has 0 radical (unpaired) electrons. The topological polar surface area (TPSA) is 101 Å². The molecule has 2 amide bonds. The highest BCUT2D eigenvalue weighted by molar-refractivity contribution is 7.51. The van der Waals surface area contributed by atoms with Crippen molar-refractivity contribution in [3.8, 4) is 0 Å². The van der Waals surface area contributed by atoms with Crippen LogP contribution in [0.25, 0.3) is 0 Å². The monoisotopic (exact) mass is 512 g/mol. The molecule has 0 bridgehead atoms. The molecule has 2 atom stereocenters. The summed E-state index contributed by atoms with van der Waals surface area (Å²) in [6.07, 6.45) is 7.77. The van der Waals surface area contributed by atoms with Crippen molar-refractivity contribution < 1.29 is 24.3 Å². The van der Waals surface area contributed by atoms with Crippen molar-refractivity contribution in [1.82, 2.24) is 9.80 Å². The zero-order chi connectivity index (χ0) is 25.6. The summed E-state index contributed by atoms with van der Waals surface area (Å²) in [6.45, 7) is 1.69. The fraction of sp³-hybridized carbons (Fsp3) is 0.464. The van der Waals surface area contributed by atoms with Gasteiger partial charge in [0.05, 0.1) is 18.3 Å². The normalized spacial score (nSPS) is 20.3. The average molecular weight is 513 g/mol. The number of rotatable bonds is 13. The van der Waals surface area contributed by atoms with E-state index in [1.807, 2.05) is 76.5 Å². The van der Waals surface area contributed by atoms with E-state index >= 15 is 0 Å². The molecule has 3 N–H and O–H groups in total. The molecule has 2 aromatic carbocycles. The summed E-state index contributed by atoms with van der Waals surface area (Å²) < 4.78 is 11.3. The molecule has 2 aromatic rings. The number of carbonyl (C=O) groups excluding carboxylic acids is 1. The first kappa shape index (κ1) is 26.6. The van der Waals surface area contributed by atoms with Gasteiger partial charge < -0.3 is 24.7 Å². The maximum atomic E-state index is 13.3. The molecule has 0 spiro atoms. The van der Waals surface area contributed by atoms with Gasteiger partial charge in [-0.25, -0.2) is 4.79 Å². The minimum absolute atomic E-state index is 0.00823. The molecule has 194 valence electrons. The lowest BCUT2D eigenvalue weighted by Crippen LogP contribution is -2.35. The molecule has 36 heavy (non-hydrogen) atoms. The van der Waals surface area contributed by atoms with Gasteiger partial charge in [0.1, 0.15) is 0 Å². The van der Waals surface area contributed by atoms with Gasteiger partial charge in [-0.3, -0.25) is 4.57 Å². The minimum Gasteiger partial charge on any atom is -0.389 e. The van der Waals surface area contributed by atoms with E-state index in [1.165, 1.54) is 0 Å². The molecule has 2 aliphatic rings. The molecule has 1 heterocycles. The molecule has 1 saturated carbocycles. The summed E-state index contributed by atoms with van der Waals surface area (Å²) in [5, 5.41) is 10.6. The Balaban J connectivity index is 1.38. The first-order chi connectivity index (χ1) is 17.2. The molecule has 2 fully saturated rings. The number of benzene rings is 2. The first-order valence-electron chi connectivity index (χ1n) is 12.8. The Morgan fingerprint density at radius 3 is 2.25 bits per heavy atom. The average Bonchev–Trinajstić information content (AvgIpc) is 3.57. The second-order valence-corrected chi connectivity index (χ2v) is 12.1. The Bertz CT molecular complexity index is 1070. The second-order valence-electron chi connectivity index (χ2n) is 10.3. The van der Waals surface area contributed by atoms with Crippen LogP contribution in [0.4, 0.5) is 4.79 Å². The van der Waals surface area contributed by atoms with Crippen LogP contribution in [-0.2, 0) is 17.5 Å². The van der Waals surface area contributed by atoms with Gasteiger partial charge in [0.25, 0.3) is 0 Å². The van der Waals surface area contributed by atoms with Gasteiger partial charge in [-0.1, -0.05) is 72.8 Å². The lowest BCUT2D eigenvalue weighted by molar-refractivity contribution is 0.185. The summed E-state index contributed by atoms with van der Waals surface area (Å²) >= 11 is 0. The number of amides is 2. The molecule has 1 aliphatic heterocycles. The van der Waals surface area contributed by atoms with Crippen LogP contribution in [0.2, 0.25) is 0 Å². The van der Waals surface area contributed by atoms with Crippen LogP contribution in [0.3, 0.4) is 0 Å². The number of nitrogens with zero attached hydrogens (tertiary/aromatic N) is 2. The van der Waals surface area contributed by atoms with Crippen molar-refractivity contribution in [3.05, 3.63) is 83.9 Å². The number of urea groups is 1. The largest absolute Gasteiger partial charge is 0.389 e. The van der Waals surface area contributed by atoms with Gasteiger partial charge >= 0.3 is 13.6 Å². The molecule has 2 unspecified atom stereocenters. The predicted molar refractivity (Wildman–Crippen MR) is 140 cm³/mol. The summed E-state index contributed by atoms with van der Waals surface area (Å²) in [4.78, 5) is 35.6. The van der Waals surface area contributed by atoms with E-state index in [1.54, 1.807) is 6.08 Å². The van der Waals surface area contributed by atoms with Crippen molar-refractivity contribution in [2.75, 3.05) is 19.3 Å². The van der Waals surface area contributed by atoms with Gasteiger partial charge in [-0.05, 0) is 48.6 Å². The number of aliphatic hydroxyl groups is 1. The van der Waals surface area contributed by atoms with Crippen molar-refractivity contribution in [2.45, 2.75) is 57.2 Å². The smallest absolute Gasteiger partial charge is 0.325 e. The Morgan fingerprint density at radius 2 is 1.64 bits per heavy atom.